The summed E-state index contributed by atoms with van der Waals surface area (Å²) < 4.78 is 11.0. The van der Waals surface area contributed by atoms with Gasteiger partial charge in [0.1, 0.15) is 0 Å². The van der Waals surface area contributed by atoms with Gasteiger partial charge in [-0.15, -0.1) is 0 Å². The number of unbranched alkanes of at least 4 members (excludes halogenated alkanes) is 1. The predicted molar refractivity (Wildman–Crippen MR) is 53.3 cm³/mol. The molecule has 0 heterocycles. The second kappa shape index (κ2) is 7.62. The van der Waals surface area contributed by atoms with E-state index in [1.54, 1.807) is 0 Å². The van der Waals surface area contributed by atoms with E-state index in [1.807, 2.05) is 20.8 Å². The molecule has 2 nitrogen and oxygen atoms in total. The molecule has 12 heavy (non-hydrogen) atoms. The van der Waals surface area contributed by atoms with Gasteiger partial charge in [-0.2, -0.15) is 0 Å². The molecule has 0 spiro atoms. The van der Waals surface area contributed by atoms with Crippen LogP contribution in [-0.4, -0.2) is 19.8 Å². The molecule has 0 aliphatic heterocycles. The van der Waals surface area contributed by atoms with E-state index >= 15 is 0 Å². The Kier molecular flexibility index (Phi) is 7.62. The Morgan fingerprint density at radius 3 is 2.33 bits per heavy atom. The van der Waals surface area contributed by atoms with Crippen molar-refractivity contribution in [2.75, 3.05) is 6.61 Å². The molecule has 0 aromatic carbocycles. The Bertz CT molecular complexity index is 96.5. The zero-order valence-corrected chi connectivity index (χ0v) is 8.80. The maximum atomic E-state index is 5.57. The average Bonchev–Trinajstić information content (AvgIpc) is 2.00. The largest absolute Gasteiger partial charge is 0.457 e. The molecular formula is C9H21BO2. The van der Waals surface area contributed by atoms with E-state index in [1.165, 1.54) is 12.8 Å². The molecule has 72 valence electrons. The Balaban J connectivity index is 3.54. The molecule has 0 rings (SSSR count). The highest BCUT2D eigenvalue weighted by Gasteiger charge is 2.17. The monoisotopic (exact) mass is 172 g/mol. The van der Waals surface area contributed by atoms with E-state index < -0.39 is 0 Å². The minimum Gasteiger partial charge on any atom is -0.411 e. The third kappa shape index (κ3) is 6.68. The fraction of sp³-hybridized carbons (Fsp3) is 1.00. The number of rotatable bonds is 7. The molecule has 0 aromatic rings. The fourth-order valence-corrected chi connectivity index (χ4v) is 1.05. The van der Waals surface area contributed by atoms with Crippen LogP contribution in [0.4, 0.5) is 0 Å². The summed E-state index contributed by atoms with van der Waals surface area (Å²) in [7, 11) is 0.00921. The maximum absolute atomic E-state index is 5.57. The normalized spacial score (nSPS) is 10.8. The molecule has 0 saturated carbocycles. The second-order valence-corrected chi connectivity index (χ2v) is 3.21. The Morgan fingerprint density at radius 1 is 1.25 bits per heavy atom. The van der Waals surface area contributed by atoms with Gasteiger partial charge in [0.25, 0.3) is 0 Å². The molecule has 0 aliphatic rings. The summed E-state index contributed by atoms with van der Waals surface area (Å²) >= 11 is 0. The SMILES string of the molecule is CCCCB(OCC)OC(C)C. The van der Waals surface area contributed by atoms with Crippen molar-refractivity contribution >= 4 is 7.12 Å². The van der Waals surface area contributed by atoms with E-state index in [0.29, 0.717) is 0 Å². The first-order chi connectivity index (χ1) is 5.70. The van der Waals surface area contributed by atoms with Crippen LogP contribution in [0.3, 0.4) is 0 Å². The molecule has 0 aromatic heterocycles. The Hall–Kier alpha value is -0.0151. The van der Waals surface area contributed by atoms with Crippen LogP contribution in [0.15, 0.2) is 0 Å². The van der Waals surface area contributed by atoms with Crippen molar-refractivity contribution in [2.45, 2.75) is 53.0 Å². The summed E-state index contributed by atoms with van der Waals surface area (Å²) in [6.07, 6.45) is 3.66. The highest BCUT2D eigenvalue weighted by Crippen LogP contribution is 2.06. The van der Waals surface area contributed by atoms with Crippen molar-refractivity contribution in [3.63, 3.8) is 0 Å². The molecular weight excluding hydrogens is 151 g/mol. The van der Waals surface area contributed by atoms with Gasteiger partial charge in [-0.25, -0.2) is 0 Å². The molecule has 0 atom stereocenters. The lowest BCUT2D eigenvalue weighted by atomic mass is 9.82. The van der Waals surface area contributed by atoms with Crippen molar-refractivity contribution in [3.05, 3.63) is 0 Å². The first-order valence-electron chi connectivity index (χ1n) is 4.97. The van der Waals surface area contributed by atoms with Crippen molar-refractivity contribution in [1.82, 2.24) is 0 Å². The lowest BCUT2D eigenvalue weighted by molar-refractivity contribution is 0.162. The van der Waals surface area contributed by atoms with Gasteiger partial charge < -0.3 is 9.31 Å². The average molecular weight is 172 g/mol. The van der Waals surface area contributed by atoms with Crippen LogP contribution in [0.25, 0.3) is 0 Å². The minimum atomic E-state index is 0.00921. The standard InChI is InChI=1S/C9H21BO2/c1-5-7-8-10(11-6-2)12-9(3)4/h9H,5-8H2,1-4H3. The van der Waals surface area contributed by atoms with Gasteiger partial charge in [-0.3, -0.25) is 0 Å². The second-order valence-electron chi connectivity index (χ2n) is 3.21. The molecule has 0 saturated heterocycles. The lowest BCUT2D eigenvalue weighted by Gasteiger charge is -2.15. The highest BCUT2D eigenvalue weighted by atomic mass is 16.6. The Morgan fingerprint density at radius 2 is 1.92 bits per heavy atom. The van der Waals surface area contributed by atoms with Gasteiger partial charge in [-0.1, -0.05) is 19.8 Å². The van der Waals surface area contributed by atoms with Gasteiger partial charge in [0.15, 0.2) is 0 Å². The maximum Gasteiger partial charge on any atom is 0.457 e. The van der Waals surface area contributed by atoms with Crippen LogP contribution in [-0.2, 0) is 9.31 Å². The predicted octanol–water partition coefficient (Wildman–Crippen LogP) is 2.74. The van der Waals surface area contributed by atoms with Gasteiger partial charge in [-0.05, 0) is 27.1 Å². The quantitative estimate of drug-likeness (QED) is 0.549. The van der Waals surface area contributed by atoms with Gasteiger partial charge in [0, 0.05) is 12.7 Å². The van der Waals surface area contributed by atoms with Crippen LogP contribution in [0, 0.1) is 0 Å². The highest BCUT2D eigenvalue weighted by molar-refractivity contribution is 6.44. The molecule has 0 aliphatic carbocycles. The van der Waals surface area contributed by atoms with Crippen LogP contribution in [0.5, 0.6) is 0 Å². The van der Waals surface area contributed by atoms with E-state index in [-0.39, 0.29) is 13.2 Å². The zero-order chi connectivity index (χ0) is 9.40. The number of hydrogen-bond donors (Lipinski definition) is 0. The molecule has 0 unspecified atom stereocenters. The summed E-state index contributed by atoms with van der Waals surface area (Å²) in [5.74, 6) is 0. The van der Waals surface area contributed by atoms with Crippen molar-refractivity contribution in [2.24, 2.45) is 0 Å². The third-order valence-electron chi connectivity index (χ3n) is 1.57. The smallest absolute Gasteiger partial charge is 0.411 e. The molecule has 0 radical (unpaired) electrons. The van der Waals surface area contributed by atoms with E-state index in [4.69, 9.17) is 9.31 Å². The first-order valence-corrected chi connectivity index (χ1v) is 4.97. The van der Waals surface area contributed by atoms with Crippen molar-refractivity contribution in [3.8, 4) is 0 Å². The van der Waals surface area contributed by atoms with Crippen LogP contribution < -0.4 is 0 Å². The summed E-state index contributed by atoms with van der Waals surface area (Å²) in [6.45, 7) is 9.00. The Labute approximate surface area is 76.8 Å². The summed E-state index contributed by atoms with van der Waals surface area (Å²) in [5.41, 5.74) is 0. The lowest BCUT2D eigenvalue weighted by Crippen LogP contribution is -2.26. The van der Waals surface area contributed by atoms with Crippen LogP contribution >= 0.6 is 0 Å². The van der Waals surface area contributed by atoms with Gasteiger partial charge in [0.05, 0.1) is 0 Å². The molecule has 0 N–H and O–H groups in total. The zero-order valence-electron chi connectivity index (χ0n) is 8.80. The third-order valence-corrected chi connectivity index (χ3v) is 1.57. The fourth-order valence-electron chi connectivity index (χ4n) is 1.05. The first kappa shape index (κ1) is 12.0. The van der Waals surface area contributed by atoms with Crippen molar-refractivity contribution < 1.29 is 9.31 Å². The molecule has 3 heteroatoms. The topological polar surface area (TPSA) is 18.5 Å². The van der Waals surface area contributed by atoms with Crippen LogP contribution in [0.2, 0.25) is 6.32 Å². The van der Waals surface area contributed by atoms with E-state index in [0.717, 1.165) is 12.9 Å². The van der Waals surface area contributed by atoms with Crippen LogP contribution in [0.1, 0.15) is 40.5 Å². The van der Waals surface area contributed by atoms with E-state index in [2.05, 4.69) is 6.92 Å². The minimum absolute atomic E-state index is 0.00921. The summed E-state index contributed by atoms with van der Waals surface area (Å²) in [5, 5.41) is 0. The van der Waals surface area contributed by atoms with Crippen molar-refractivity contribution in [1.29, 1.82) is 0 Å². The van der Waals surface area contributed by atoms with Gasteiger partial charge in [0.2, 0.25) is 0 Å². The molecule has 0 fully saturated rings. The number of hydrogen-bond acceptors (Lipinski definition) is 2. The summed E-state index contributed by atoms with van der Waals surface area (Å²) in [6, 6.07) is 0. The summed E-state index contributed by atoms with van der Waals surface area (Å²) in [4.78, 5) is 0. The van der Waals surface area contributed by atoms with E-state index in [9.17, 15) is 0 Å². The molecule has 0 amide bonds. The molecule has 0 bridgehead atoms. The van der Waals surface area contributed by atoms with Gasteiger partial charge >= 0.3 is 7.12 Å².